The first-order valence-corrected chi connectivity index (χ1v) is 8.91. The predicted molar refractivity (Wildman–Crippen MR) is 107 cm³/mol. The molecular formula is C22H22N2O4. The highest BCUT2D eigenvalue weighted by Gasteiger charge is 2.15. The minimum Gasteiger partial charge on any atom is -0.497 e. The molecule has 0 saturated heterocycles. The van der Waals surface area contributed by atoms with Gasteiger partial charge in [-0.1, -0.05) is 12.1 Å². The van der Waals surface area contributed by atoms with E-state index in [1.165, 1.54) is 0 Å². The molecule has 2 aromatic carbocycles. The Hall–Kier alpha value is -3.46. The van der Waals surface area contributed by atoms with E-state index in [1.54, 1.807) is 21.3 Å². The molecule has 6 heteroatoms. The number of nitrogens with zero attached hydrogens (tertiary/aromatic N) is 2. The summed E-state index contributed by atoms with van der Waals surface area (Å²) in [6.45, 7) is 0.413. The molecule has 0 aliphatic heterocycles. The van der Waals surface area contributed by atoms with E-state index >= 15 is 0 Å². The molecule has 0 aliphatic rings. The van der Waals surface area contributed by atoms with Crippen LogP contribution in [-0.2, 0) is 0 Å². The Morgan fingerprint density at radius 3 is 2.32 bits per heavy atom. The minimum atomic E-state index is 0.413. The fourth-order valence-electron chi connectivity index (χ4n) is 2.89. The lowest BCUT2D eigenvalue weighted by Gasteiger charge is -2.15. The van der Waals surface area contributed by atoms with Gasteiger partial charge in [0.2, 0.25) is 5.88 Å². The molecule has 0 saturated carbocycles. The summed E-state index contributed by atoms with van der Waals surface area (Å²) < 4.78 is 22.1. The number of rotatable bonds is 8. The number of nitriles is 1. The van der Waals surface area contributed by atoms with Gasteiger partial charge in [-0.25, -0.2) is 4.98 Å². The summed E-state index contributed by atoms with van der Waals surface area (Å²) in [4.78, 5) is 4.71. The topological polar surface area (TPSA) is 73.6 Å². The zero-order chi connectivity index (χ0) is 19.9. The van der Waals surface area contributed by atoms with Crippen LogP contribution >= 0.6 is 0 Å². The van der Waals surface area contributed by atoms with Gasteiger partial charge >= 0.3 is 0 Å². The van der Waals surface area contributed by atoms with Gasteiger partial charge in [0.15, 0.2) is 0 Å². The van der Waals surface area contributed by atoms with E-state index in [4.69, 9.17) is 29.2 Å². The Morgan fingerprint density at radius 1 is 0.929 bits per heavy atom. The molecule has 0 aliphatic carbocycles. The van der Waals surface area contributed by atoms with E-state index in [9.17, 15) is 0 Å². The van der Waals surface area contributed by atoms with Crippen molar-refractivity contribution >= 4 is 10.9 Å². The monoisotopic (exact) mass is 378 g/mol. The highest BCUT2D eigenvalue weighted by molar-refractivity contribution is 5.92. The number of benzene rings is 2. The Kier molecular flexibility index (Phi) is 6.18. The maximum Gasteiger partial charge on any atom is 0.221 e. The molecule has 0 bridgehead atoms. The molecule has 1 aromatic heterocycles. The quantitative estimate of drug-likeness (QED) is 0.533. The third-order valence-corrected chi connectivity index (χ3v) is 4.36. The number of hydrogen-bond acceptors (Lipinski definition) is 6. The number of pyridine rings is 1. The first-order chi connectivity index (χ1) is 13.7. The molecule has 0 spiro atoms. The second kappa shape index (κ2) is 8.96. The molecule has 28 heavy (non-hydrogen) atoms. The van der Waals surface area contributed by atoms with E-state index in [1.807, 2.05) is 42.5 Å². The van der Waals surface area contributed by atoms with Crippen molar-refractivity contribution in [2.24, 2.45) is 0 Å². The Balaban J connectivity index is 2.12. The maximum absolute atomic E-state index is 8.74. The van der Waals surface area contributed by atoms with Crippen molar-refractivity contribution in [1.82, 2.24) is 4.98 Å². The van der Waals surface area contributed by atoms with Gasteiger partial charge in [-0.15, -0.1) is 0 Å². The summed E-state index contributed by atoms with van der Waals surface area (Å²) in [5.41, 5.74) is 2.50. The first-order valence-electron chi connectivity index (χ1n) is 8.91. The molecule has 0 radical (unpaired) electrons. The van der Waals surface area contributed by atoms with Crippen molar-refractivity contribution in [2.45, 2.75) is 12.8 Å². The van der Waals surface area contributed by atoms with Gasteiger partial charge in [0, 0.05) is 29.5 Å². The molecule has 144 valence electrons. The van der Waals surface area contributed by atoms with E-state index in [0.29, 0.717) is 42.3 Å². The molecule has 0 N–H and O–H groups in total. The van der Waals surface area contributed by atoms with Gasteiger partial charge < -0.3 is 18.9 Å². The minimum absolute atomic E-state index is 0.413. The van der Waals surface area contributed by atoms with Crippen LogP contribution < -0.4 is 18.9 Å². The molecule has 1 heterocycles. The van der Waals surface area contributed by atoms with Gasteiger partial charge in [0.25, 0.3) is 0 Å². The Bertz CT molecular complexity index is 994. The highest BCUT2D eigenvalue weighted by atomic mass is 16.5. The van der Waals surface area contributed by atoms with Crippen LogP contribution in [0.15, 0.2) is 42.5 Å². The van der Waals surface area contributed by atoms with Crippen molar-refractivity contribution in [2.75, 3.05) is 27.9 Å². The molecule has 0 amide bonds. The first kappa shape index (κ1) is 19.3. The number of hydrogen-bond donors (Lipinski definition) is 0. The average Bonchev–Trinajstić information content (AvgIpc) is 2.75. The lowest BCUT2D eigenvalue weighted by molar-refractivity contribution is 0.303. The predicted octanol–water partition coefficient (Wildman–Crippen LogP) is 4.61. The van der Waals surface area contributed by atoms with Gasteiger partial charge in [-0.05, 0) is 30.2 Å². The molecule has 0 atom stereocenters. The Morgan fingerprint density at radius 2 is 1.68 bits per heavy atom. The van der Waals surface area contributed by atoms with Crippen LogP contribution in [0.4, 0.5) is 0 Å². The van der Waals surface area contributed by atoms with E-state index in [-0.39, 0.29) is 0 Å². The Labute approximate surface area is 164 Å². The van der Waals surface area contributed by atoms with Crippen LogP contribution in [0.3, 0.4) is 0 Å². The normalized spacial score (nSPS) is 10.4. The van der Waals surface area contributed by atoms with E-state index in [2.05, 4.69) is 6.07 Å². The van der Waals surface area contributed by atoms with Crippen molar-refractivity contribution in [3.05, 3.63) is 42.5 Å². The molecule has 3 rings (SSSR count). The van der Waals surface area contributed by atoms with Gasteiger partial charge in [0.1, 0.15) is 17.2 Å². The van der Waals surface area contributed by atoms with Crippen molar-refractivity contribution < 1.29 is 18.9 Å². The SMILES string of the molecule is COc1ccc(-c2cc3c(OC)cc(OC)cc3nc2OCCCC#N)cc1. The summed E-state index contributed by atoms with van der Waals surface area (Å²) >= 11 is 0. The lowest BCUT2D eigenvalue weighted by atomic mass is 10.0. The number of fused-ring (bicyclic) bond motifs is 1. The molecular weight excluding hydrogens is 356 g/mol. The zero-order valence-electron chi connectivity index (χ0n) is 16.2. The van der Waals surface area contributed by atoms with Crippen molar-refractivity contribution in [3.63, 3.8) is 0 Å². The third-order valence-electron chi connectivity index (χ3n) is 4.36. The summed E-state index contributed by atoms with van der Waals surface area (Å²) in [5.74, 6) is 2.61. The summed E-state index contributed by atoms with van der Waals surface area (Å²) in [7, 11) is 4.85. The van der Waals surface area contributed by atoms with Crippen LogP contribution in [0.5, 0.6) is 23.1 Å². The number of methoxy groups -OCH3 is 3. The summed E-state index contributed by atoms with van der Waals surface area (Å²) in [5, 5.41) is 9.60. The zero-order valence-corrected chi connectivity index (χ0v) is 16.2. The highest BCUT2D eigenvalue weighted by Crippen LogP contribution is 2.38. The second-order valence-corrected chi connectivity index (χ2v) is 6.08. The van der Waals surface area contributed by atoms with Crippen LogP contribution in [0.25, 0.3) is 22.0 Å². The summed E-state index contributed by atoms with van der Waals surface area (Å²) in [6.07, 6.45) is 1.08. The van der Waals surface area contributed by atoms with Crippen LogP contribution in [0.1, 0.15) is 12.8 Å². The van der Waals surface area contributed by atoms with E-state index in [0.717, 1.165) is 22.3 Å². The molecule has 6 nitrogen and oxygen atoms in total. The maximum atomic E-state index is 8.74. The molecule has 0 unspecified atom stereocenters. The second-order valence-electron chi connectivity index (χ2n) is 6.08. The van der Waals surface area contributed by atoms with Crippen LogP contribution in [0, 0.1) is 11.3 Å². The van der Waals surface area contributed by atoms with Crippen LogP contribution in [0.2, 0.25) is 0 Å². The number of ether oxygens (including phenoxy) is 4. The van der Waals surface area contributed by atoms with Gasteiger partial charge in [0.05, 0.1) is 39.5 Å². The van der Waals surface area contributed by atoms with Crippen LogP contribution in [-0.4, -0.2) is 32.9 Å². The van der Waals surface area contributed by atoms with Gasteiger partial charge in [-0.2, -0.15) is 5.26 Å². The summed E-state index contributed by atoms with van der Waals surface area (Å²) in [6, 6.07) is 15.5. The third kappa shape index (κ3) is 4.09. The standard InChI is InChI=1S/C22H22N2O4/c1-25-16-8-6-15(7-9-16)18-14-19-20(12-17(26-2)13-21(19)27-3)24-22(18)28-11-5-4-10-23/h6-9,12-14H,4-5,11H2,1-3H3. The van der Waals surface area contributed by atoms with Crippen molar-refractivity contribution in [3.8, 4) is 40.3 Å². The van der Waals surface area contributed by atoms with E-state index < -0.39 is 0 Å². The molecule has 0 fully saturated rings. The van der Waals surface area contributed by atoms with Crippen molar-refractivity contribution in [1.29, 1.82) is 5.26 Å². The lowest BCUT2D eigenvalue weighted by Crippen LogP contribution is -2.02. The largest absolute Gasteiger partial charge is 0.497 e. The molecule has 3 aromatic rings. The average molecular weight is 378 g/mol. The number of unbranched alkanes of at least 4 members (excludes halogenated alkanes) is 1. The number of aromatic nitrogens is 1. The fourth-order valence-corrected chi connectivity index (χ4v) is 2.89. The smallest absolute Gasteiger partial charge is 0.221 e. The van der Waals surface area contributed by atoms with Gasteiger partial charge in [-0.3, -0.25) is 0 Å². The fraction of sp³-hybridized carbons (Fsp3) is 0.273.